The summed E-state index contributed by atoms with van der Waals surface area (Å²) >= 11 is 0. The van der Waals surface area contributed by atoms with Crippen LogP contribution in [0.1, 0.15) is 18.9 Å². The Bertz CT molecular complexity index is 735. The molecule has 2 N–H and O–H groups in total. The van der Waals surface area contributed by atoms with Crippen molar-refractivity contribution in [3.05, 3.63) is 29.8 Å². The van der Waals surface area contributed by atoms with Crippen LogP contribution in [0, 0.1) is 0 Å². The first-order valence-electron chi connectivity index (χ1n) is 8.40. The molecular formula is C16H23F3N4O2S. The highest BCUT2D eigenvalue weighted by Crippen LogP contribution is 2.29. The molecule has 2 rings (SSSR count). The summed E-state index contributed by atoms with van der Waals surface area (Å²) in [5.74, 6) is -0.000787. The fourth-order valence-corrected chi connectivity index (χ4v) is 4.07. The summed E-state index contributed by atoms with van der Waals surface area (Å²) in [6.45, 7) is 2.29. The molecule has 1 aliphatic heterocycles. The molecule has 1 heterocycles. The zero-order valence-corrected chi connectivity index (χ0v) is 15.3. The van der Waals surface area contributed by atoms with Gasteiger partial charge in [-0.05, 0) is 25.0 Å². The molecule has 0 spiro atoms. The van der Waals surface area contributed by atoms with Crippen molar-refractivity contribution in [2.24, 2.45) is 4.99 Å². The molecule has 0 saturated heterocycles. The Morgan fingerprint density at radius 3 is 2.69 bits per heavy atom. The number of para-hydroxylation sites is 1. The van der Waals surface area contributed by atoms with E-state index in [9.17, 15) is 21.6 Å². The summed E-state index contributed by atoms with van der Waals surface area (Å²) < 4.78 is 63.1. The van der Waals surface area contributed by atoms with Gasteiger partial charge in [0.1, 0.15) is 0 Å². The van der Waals surface area contributed by atoms with Crippen LogP contribution in [0.3, 0.4) is 0 Å². The van der Waals surface area contributed by atoms with E-state index < -0.39 is 29.2 Å². The van der Waals surface area contributed by atoms with Gasteiger partial charge in [0.05, 0.1) is 24.4 Å². The molecule has 0 fully saturated rings. The van der Waals surface area contributed by atoms with Crippen LogP contribution >= 0.6 is 0 Å². The molecule has 0 amide bonds. The molecule has 0 atom stereocenters. The van der Waals surface area contributed by atoms with Gasteiger partial charge in [-0.15, -0.1) is 0 Å². The molecule has 0 bridgehead atoms. The van der Waals surface area contributed by atoms with Crippen molar-refractivity contribution >= 4 is 21.7 Å². The second-order valence-corrected chi connectivity index (χ2v) is 7.83. The number of anilines is 1. The Balaban J connectivity index is 1.91. The van der Waals surface area contributed by atoms with E-state index in [1.165, 1.54) is 4.31 Å². The van der Waals surface area contributed by atoms with Crippen LogP contribution in [0.4, 0.5) is 18.9 Å². The number of fused-ring (bicyclic) bond motifs is 1. The van der Waals surface area contributed by atoms with Crippen molar-refractivity contribution in [1.29, 1.82) is 0 Å². The average molecular weight is 392 g/mol. The fourth-order valence-electron chi connectivity index (χ4n) is 2.64. The predicted molar refractivity (Wildman–Crippen MR) is 95.9 cm³/mol. The Labute approximate surface area is 151 Å². The minimum Gasteiger partial charge on any atom is -0.357 e. The second-order valence-electron chi connectivity index (χ2n) is 5.82. The predicted octanol–water partition coefficient (Wildman–Crippen LogP) is 1.89. The summed E-state index contributed by atoms with van der Waals surface area (Å²) in [7, 11) is -3.52. The molecule has 6 nitrogen and oxygen atoms in total. The zero-order chi connectivity index (χ0) is 19.2. The number of nitrogens with zero attached hydrogens (tertiary/aromatic N) is 2. The number of rotatable bonds is 7. The topological polar surface area (TPSA) is 73.8 Å². The second kappa shape index (κ2) is 8.61. The van der Waals surface area contributed by atoms with E-state index in [-0.39, 0.29) is 18.3 Å². The van der Waals surface area contributed by atoms with Gasteiger partial charge in [-0.3, -0.25) is 9.30 Å². The van der Waals surface area contributed by atoms with Crippen molar-refractivity contribution in [2.75, 3.05) is 36.2 Å². The molecule has 146 valence electrons. The van der Waals surface area contributed by atoms with Gasteiger partial charge < -0.3 is 10.6 Å². The SMILES string of the molecule is CCNC(=NCCC(F)(F)F)NCCS(=O)(=O)N1CCc2ccccc21. The van der Waals surface area contributed by atoms with E-state index in [0.29, 0.717) is 25.2 Å². The molecular weight excluding hydrogens is 369 g/mol. The van der Waals surface area contributed by atoms with Gasteiger partial charge in [-0.25, -0.2) is 8.42 Å². The molecule has 0 aliphatic carbocycles. The number of sulfonamides is 1. The van der Waals surface area contributed by atoms with E-state index in [0.717, 1.165) is 5.56 Å². The molecule has 0 radical (unpaired) electrons. The molecule has 10 heteroatoms. The number of aliphatic imine (C=N–C) groups is 1. The van der Waals surface area contributed by atoms with Gasteiger partial charge in [-0.1, -0.05) is 18.2 Å². The fraction of sp³-hybridized carbons (Fsp3) is 0.562. The quantitative estimate of drug-likeness (QED) is 0.549. The van der Waals surface area contributed by atoms with Crippen LogP contribution in [0.5, 0.6) is 0 Å². The van der Waals surface area contributed by atoms with Crippen molar-refractivity contribution in [1.82, 2.24) is 10.6 Å². The minimum absolute atomic E-state index is 0.0544. The Morgan fingerprint density at radius 1 is 1.27 bits per heavy atom. The van der Waals surface area contributed by atoms with Gasteiger partial charge in [-0.2, -0.15) is 13.2 Å². The Kier molecular flexibility index (Phi) is 6.74. The third-order valence-corrected chi connectivity index (χ3v) is 5.61. The Hall–Kier alpha value is -1.97. The molecule has 0 aromatic heterocycles. The lowest BCUT2D eigenvalue weighted by Crippen LogP contribution is -2.42. The number of hydrogen-bond acceptors (Lipinski definition) is 3. The first-order chi connectivity index (χ1) is 12.2. The normalized spacial score (nSPS) is 15.1. The average Bonchev–Trinajstić information content (AvgIpc) is 2.98. The van der Waals surface area contributed by atoms with Crippen LogP contribution < -0.4 is 14.9 Å². The first kappa shape index (κ1) is 20.3. The van der Waals surface area contributed by atoms with Crippen molar-refractivity contribution in [3.63, 3.8) is 0 Å². The third-order valence-electron chi connectivity index (χ3n) is 3.84. The van der Waals surface area contributed by atoms with Crippen LogP contribution in [0.15, 0.2) is 29.3 Å². The number of guanidine groups is 1. The summed E-state index contributed by atoms with van der Waals surface area (Å²) in [5, 5.41) is 5.58. The summed E-state index contributed by atoms with van der Waals surface area (Å²) in [4.78, 5) is 3.82. The van der Waals surface area contributed by atoms with Crippen molar-refractivity contribution < 1.29 is 21.6 Å². The number of alkyl halides is 3. The van der Waals surface area contributed by atoms with Crippen LogP contribution in [-0.2, 0) is 16.4 Å². The number of hydrogen-bond donors (Lipinski definition) is 2. The van der Waals surface area contributed by atoms with E-state index in [1.807, 2.05) is 12.1 Å². The van der Waals surface area contributed by atoms with Gasteiger partial charge in [0, 0.05) is 19.6 Å². The van der Waals surface area contributed by atoms with Crippen molar-refractivity contribution in [3.8, 4) is 0 Å². The van der Waals surface area contributed by atoms with E-state index in [2.05, 4.69) is 15.6 Å². The number of benzene rings is 1. The van der Waals surface area contributed by atoms with Crippen molar-refractivity contribution in [2.45, 2.75) is 25.9 Å². The van der Waals surface area contributed by atoms with Gasteiger partial charge in [0.2, 0.25) is 10.0 Å². The van der Waals surface area contributed by atoms with Crippen LogP contribution in [0.2, 0.25) is 0 Å². The lowest BCUT2D eigenvalue weighted by molar-refractivity contribution is -0.132. The maximum absolute atomic E-state index is 12.6. The summed E-state index contributed by atoms with van der Waals surface area (Å²) in [5.41, 5.74) is 1.68. The summed E-state index contributed by atoms with van der Waals surface area (Å²) in [6.07, 6.45) is -4.62. The monoisotopic (exact) mass is 392 g/mol. The van der Waals surface area contributed by atoms with Gasteiger partial charge in [0.25, 0.3) is 0 Å². The van der Waals surface area contributed by atoms with Crippen LogP contribution in [-0.4, -0.2) is 52.5 Å². The standard InChI is InChI=1S/C16H23F3N4O2S/c1-2-20-15(21-9-8-16(17,18)19)22-10-12-26(24,25)23-11-7-13-5-3-4-6-14(13)23/h3-6H,2,7-12H2,1H3,(H2,20,21,22). The van der Waals surface area contributed by atoms with E-state index in [4.69, 9.17) is 0 Å². The largest absolute Gasteiger partial charge is 0.390 e. The highest BCUT2D eigenvalue weighted by Gasteiger charge is 2.29. The van der Waals surface area contributed by atoms with E-state index in [1.54, 1.807) is 19.1 Å². The molecule has 1 aromatic rings. The zero-order valence-electron chi connectivity index (χ0n) is 14.5. The Morgan fingerprint density at radius 2 is 2.00 bits per heavy atom. The lowest BCUT2D eigenvalue weighted by atomic mass is 10.2. The first-order valence-corrected chi connectivity index (χ1v) is 10.0. The molecule has 1 aliphatic rings. The van der Waals surface area contributed by atoms with E-state index >= 15 is 0 Å². The van der Waals surface area contributed by atoms with Gasteiger partial charge >= 0.3 is 6.18 Å². The highest BCUT2D eigenvalue weighted by molar-refractivity contribution is 7.92. The highest BCUT2D eigenvalue weighted by atomic mass is 32.2. The number of halogens is 3. The molecule has 0 saturated carbocycles. The lowest BCUT2D eigenvalue weighted by Gasteiger charge is -2.20. The molecule has 1 aromatic carbocycles. The van der Waals surface area contributed by atoms with Gasteiger partial charge in [0.15, 0.2) is 5.96 Å². The molecule has 26 heavy (non-hydrogen) atoms. The number of nitrogens with one attached hydrogen (secondary N) is 2. The maximum atomic E-state index is 12.6. The smallest absolute Gasteiger partial charge is 0.357 e. The third kappa shape index (κ3) is 5.79. The summed E-state index contributed by atoms with van der Waals surface area (Å²) in [6, 6.07) is 7.34. The maximum Gasteiger partial charge on any atom is 0.390 e. The minimum atomic E-state index is -4.27. The van der Waals surface area contributed by atoms with Crippen LogP contribution in [0.25, 0.3) is 0 Å². The molecule has 0 unspecified atom stereocenters.